The van der Waals surface area contributed by atoms with Crippen molar-refractivity contribution in [2.45, 2.75) is 19.0 Å². The minimum Gasteiger partial charge on any atom is -0.497 e. The number of benzene rings is 2. The van der Waals surface area contributed by atoms with Gasteiger partial charge in [0.25, 0.3) is 11.8 Å². The first-order valence-electron chi connectivity index (χ1n) is 9.20. The lowest BCUT2D eigenvalue weighted by Crippen LogP contribution is -2.49. The lowest BCUT2D eigenvalue weighted by atomic mass is 10.0. The average molecular weight is 454 g/mol. The third kappa shape index (κ3) is 3.53. The van der Waals surface area contributed by atoms with Gasteiger partial charge in [-0.15, -0.1) is 0 Å². The zero-order valence-corrected chi connectivity index (χ0v) is 17.6. The number of hydrogen-bond donors (Lipinski definition) is 1. The molecule has 0 spiro atoms. The lowest BCUT2D eigenvalue weighted by Gasteiger charge is -2.39. The van der Waals surface area contributed by atoms with Crippen molar-refractivity contribution in [1.29, 1.82) is 0 Å². The summed E-state index contributed by atoms with van der Waals surface area (Å²) in [5.41, 5.74) is 2.07. The maximum absolute atomic E-state index is 13.3. The number of methoxy groups -OCH3 is 1. The first-order chi connectivity index (χ1) is 14.0. The van der Waals surface area contributed by atoms with Gasteiger partial charge in [-0.3, -0.25) is 14.5 Å². The number of aromatic nitrogens is 1. The number of carbonyl (C=O) groups is 2. The van der Waals surface area contributed by atoms with Crippen LogP contribution >= 0.6 is 15.9 Å². The van der Waals surface area contributed by atoms with Gasteiger partial charge in [-0.25, -0.2) is 0 Å². The number of ether oxygens (including phenoxy) is 1. The maximum Gasteiger partial charge on any atom is 0.253 e. The first-order valence-corrected chi connectivity index (χ1v) is 9.99. The van der Waals surface area contributed by atoms with Crippen LogP contribution in [0.4, 0.5) is 11.4 Å². The number of nitrogens with zero attached hydrogens (tertiary/aromatic N) is 2. The number of fused-ring (bicyclic) bond motifs is 1. The Kier molecular flexibility index (Phi) is 5.15. The van der Waals surface area contributed by atoms with Gasteiger partial charge in [-0.2, -0.15) is 0 Å². The van der Waals surface area contributed by atoms with Gasteiger partial charge in [0.1, 0.15) is 11.8 Å². The van der Waals surface area contributed by atoms with Crippen LogP contribution in [0.25, 0.3) is 0 Å². The highest BCUT2D eigenvalue weighted by molar-refractivity contribution is 9.10. The van der Waals surface area contributed by atoms with E-state index in [1.807, 2.05) is 54.1 Å². The Morgan fingerprint density at radius 1 is 1.07 bits per heavy atom. The third-order valence-corrected chi connectivity index (χ3v) is 5.60. The highest BCUT2D eigenvalue weighted by atomic mass is 79.9. The number of amides is 2. The molecular weight excluding hydrogens is 434 g/mol. The molecule has 0 aliphatic carbocycles. The average Bonchev–Trinajstić information content (AvgIpc) is 3.22. The molecule has 2 aromatic carbocycles. The molecule has 2 atom stereocenters. The summed E-state index contributed by atoms with van der Waals surface area (Å²) in [4.78, 5) is 28.1. The molecule has 148 valence electrons. The van der Waals surface area contributed by atoms with Crippen LogP contribution in [0, 0.1) is 0 Å². The molecule has 6 nitrogen and oxygen atoms in total. The molecule has 0 fully saturated rings. The highest BCUT2D eigenvalue weighted by Crippen LogP contribution is 2.37. The summed E-state index contributed by atoms with van der Waals surface area (Å²) >= 11 is 3.39. The molecule has 1 unspecified atom stereocenters. The van der Waals surface area contributed by atoms with Gasteiger partial charge in [0.15, 0.2) is 6.04 Å². The molecule has 1 aliphatic rings. The number of hydrogen-bond acceptors (Lipinski definition) is 3. The van der Waals surface area contributed by atoms with Crippen molar-refractivity contribution in [2.24, 2.45) is 0 Å². The molecule has 2 heterocycles. The predicted octanol–water partition coefficient (Wildman–Crippen LogP) is 4.55. The quantitative estimate of drug-likeness (QED) is 0.630. The monoisotopic (exact) mass is 453 g/mol. The fraction of sp³-hybridized carbons (Fsp3) is 0.182. The summed E-state index contributed by atoms with van der Waals surface area (Å²) in [6, 6.07) is 17.0. The van der Waals surface area contributed by atoms with Crippen LogP contribution < -0.4 is 15.0 Å². The Bertz CT molecular complexity index is 1040. The molecule has 1 N–H and O–H groups in total. The summed E-state index contributed by atoms with van der Waals surface area (Å²) in [7, 11) is 1.59. The fourth-order valence-electron chi connectivity index (χ4n) is 3.59. The first kappa shape index (κ1) is 19.3. The SMILES string of the molecule is COc1ccc(N2C(=O)[C@H](C)n3cccc3C2C(=O)Nc2ccc(Br)cc2)cc1. The van der Waals surface area contributed by atoms with E-state index >= 15 is 0 Å². The van der Waals surface area contributed by atoms with Crippen molar-refractivity contribution in [3.05, 3.63) is 77.0 Å². The Labute approximate surface area is 177 Å². The lowest BCUT2D eigenvalue weighted by molar-refractivity contribution is -0.127. The molecule has 4 rings (SSSR count). The van der Waals surface area contributed by atoms with E-state index in [4.69, 9.17) is 4.74 Å². The standard InChI is InChI=1S/C22H20BrN3O3/c1-14-22(28)26(17-9-11-18(29-2)12-10-17)20(19-4-3-13-25(14)19)21(27)24-16-7-5-15(23)6-8-16/h3-14,20H,1-2H3,(H,24,27)/t14-,20?/m0/s1. The number of rotatable bonds is 4. The van der Waals surface area contributed by atoms with Gasteiger partial charge in [-0.1, -0.05) is 15.9 Å². The van der Waals surface area contributed by atoms with E-state index in [1.54, 1.807) is 36.3 Å². The normalized spacial score (nSPS) is 18.3. The summed E-state index contributed by atoms with van der Waals surface area (Å²) in [6.07, 6.45) is 1.84. The number of nitrogens with one attached hydrogen (secondary N) is 1. The highest BCUT2D eigenvalue weighted by Gasteiger charge is 2.41. The number of anilines is 2. The zero-order valence-electron chi connectivity index (χ0n) is 16.0. The van der Waals surface area contributed by atoms with Crippen LogP contribution in [-0.4, -0.2) is 23.5 Å². The molecule has 2 amide bonds. The fourth-order valence-corrected chi connectivity index (χ4v) is 3.85. The largest absolute Gasteiger partial charge is 0.497 e. The van der Waals surface area contributed by atoms with Crippen LogP contribution in [0.1, 0.15) is 24.7 Å². The van der Waals surface area contributed by atoms with E-state index in [-0.39, 0.29) is 11.8 Å². The van der Waals surface area contributed by atoms with Crippen molar-refractivity contribution in [2.75, 3.05) is 17.3 Å². The molecule has 7 heteroatoms. The van der Waals surface area contributed by atoms with Crippen molar-refractivity contribution >= 4 is 39.1 Å². The second-order valence-electron chi connectivity index (χ2n) is 6.82. The molecule has 29 heavy (non-hydrogen) atoms. The second-order valence-corrected chi connectivity index (χ2v) is 7.74. The summed E-state index contributed by atoms with van der Waals surface area (Å²) in [6.45, 7) is 1.84. The van der Waals surface area contributed by atoms with Crippen LogP contribution in [0.15, 0.2) is 71.3 Å². The molecule has 1 aliphatic heterocycles. The summed E-state index contributed by atoms with van der Waals surface area (Å²) < 4.78 is 8.00. The van der Waals surface area contributed by atoms with E-state index in [9.17, 15) is 9.59 Å². The summed E-state index contributed by atoms with van der Waals surface area (Å²) in [5.74, 6) is 0.267. The van der Waals surface area contributed by atoms with Gasteiger partial charge in [-0.05, 0) is 67.6 Å². The zero-order chi connectivity index (χ0) is 20.5. The molecule has 0 bridgehead atoms. The van der Waals surface area contributed by atoms with Gasteiger partial charge < -0.3 is 14.6 Å². The van der Waals surface area contributed by atoms with E-state index in [0.717, 1.165) is 10.2 Å². The van der Waals surface area contributed by atoms with Gasteiger partial charge in [0.2, 0.25) is 0 Å². The predicted molar refractivity (Wildman–Crippen MR) is 115 cm³/mol. The Balaban J connectivity index is 1.75. The van der Waals surface area contributed by atoms with Crippen molar-refractivity contribution in [1.82, 2.24) is 4.57 Å². The Morgan fingerprint density at radius 2 is 1.76 bits per heavy atom. The molecule has 0 saturated carbocycles. The number of halogens is 1. The minimum atomic E-state index is -0.786. The Hall–Kier alpha value is -3.06. The Morgan fingerprint density at radius 3 is 2.41 bits per heavy atom. The summed E-state index contributed by atoms with van der Waals surface area (Å²) in [5, 5.41) is 2.94. The van der Waals surface area contributed by atoms with Crippen molar-refractivity contribution < 1.29 is 14.3 Å². The van der Waals surface area contributed by atoms with Gasteiger partial charge in [0, 0.05) is 22.0 Å². The maximum atomic E-state index is 13.3. The van der Waals surface area contributed by atoms with Crippen LogP contribution in [0.3, 0.4) is 0 Å². The van der Waals surface area contributed by atoms with Crippen LogP contribution in [0.2, 0.25) is 0 Å². The molecule has 0 radical (unpaired) electrons. The van der Waals surface area contributed by atoms with Crippen molar-refractivity contribution in [3.8, 4) is 5.75 Å². The molecule has 3 aromatic rings. The van der Waals surface area contributed by atoms with Crippen molar-refractivity contribution in [3.63, 3.8) is 0 Å². The van der Waals surface area contributed by atoms with E-state index in [0.29, 0.717) is 17.1 Å². The topological polar surface area (TPSA) is 63.6 Å². The van der Waals surface area contributed by atoms with E-state index in [1.165, 1.54) is 0 Å². The van der Waals surface area contributed by atoms with Crippen LogP contribution in [0.5, 0.6) is 5.75 Å². The molecule has 0 saturated heterocycles. The van der Waals surface area contributed by atoms with Gasteiger partial charge in [0.05, 0.1) is 12.8 Å². The number of carbonyl (C=O) groups excluding carboxylic acids is 2. The van der Waals surface area contributed by atoms with Gasteiger partial charge >= 0.3 is 0 Å². The van der Waals surface area contributed by atoms with E-state index in [2.05, 4.69) is 21.2 Å². The minimum absolute atomic E-state index is 0.144. The molecular formula is C22H20BrN3O3. The second kappa shape index (κ2) is 7.75. The van der Waals surface area contributed by atoms with Crippen LogP contribution in [-0.2, 0) is 9.59 Å². The van der Waals surface area contributed by atoms with E-state index < -0.39 is 12.1 Å². The third-order valence-electron chi connectivity index (χ3n) is 5.07. The smallest absolute Gasteiger partial charge is 0.253 e. The molecule has 1 aromatic heterocycles.